The first-order valence-electron chi connectivity index (χ1n) is 11.6. The molecule has 9 heteroatoms. The standard InChI is InChI=1S/C25H28F3N5S/c1-17-4-5-19(15-29-17)22-30-31-23(32(22)2)34-13-3-11-33-12-10-24(16-33)14-21(24)18-6-8-20(9-7-18)25(26,27)28/h4-9,15,21H,3,10-14,16H2,1-2H3/t21-,24-/m0/s1. The molecule has 1 aromatic carbocycles. The molecular weight excluding hydrogens is 459 g/mol. The number of hydrogen-bond donors (Lipinski definition) is 0. The average molecular weight is 488 g/mol. The number of aryl methyl sites for hydroxylation is 1. The topological polar surface area (TPSA) is 46.8 Å². The molecule has 2 aliphatic rings. The van der Waals surface area contributed by atoms with E-state index >= 15 is 0 Å². The summed E-state index contributed by atoms with van der Waals surface area (Å²) in [6.07, 6.45) is 0.821. The molecule has 34 heavy (non-hydrogen) atoms. The van der Waals surface area contributed by atoms with Gasteiger partial charge in [-0.1, -0.05) is 23.9 Å². The maximum absolute atomic E-state index is 12.8. The molecule has 0 N–H and O–H groups in total. The molecule has 180 valence electrons. The van der Waals surface area contributed by atoms with Crippen LogP contribution in [0.15, 0.2) is 47.8 Å². The smallest absolute Gasteiger partial charge is 0.305 e. The zero-order chi connectivity index (χ0) is 23.9. The molecule has 2 atom stereocenters. The monoisotopic (exact) mass is 487 g/mol. The van der Waals surface area contributed by atoms with Gasteiger partial charge in [0.05, 0.1) is 5.56 Å². The molecule has 1 saturated carbocycles. The van der Waals surface area contributed by atoms with Gasteiger partial charge in [-0.05, 0) is 80.4 Å². The maximum Gasteiger partial charge on any atom is 0.416 e. The Morgan fingerprint density at radius 2 is 1.91 bits per heavy atom. The first-order chi connectivity index (χ1) is 16.2. The van der Waals surface area contributed by atoms with Crippen molar-refractivity contribution in [1.29, 1.82) is 0 Å². The van der Waals surface area contributed by atoms with Gasteiger partial charge in [0.1, 0.15) is 0 Å². The molecule has 5 nitrogen and oxygen atoms in total. The minimum Gasteiger partial charge on any atom is -0.305 e. The van der Waals surface area contributed by atoms with E-state index in [4.69, 9.17) is 0 Å². The van der Waals surface area contributed by atoms with Crippen LogP contribution in [-0.4, -0.2) is 50.0 Å². The van der Waals surface area contributed by atoms with Gasteiger partial charge in [0.2, 0.25) is 0 Å². The average Bonchev–Trinajstić information content (AvgIpc) is 3.16. The normalized spacial score (nSPS) is 22.6. The van der Waals surface area contributed by atoms with Gasteiger partial charge in [-0.15, -0.1) is 10.2 Å². The number of thioether (sulfide) groups is 1. The number of alkyl halides is 3. The van der Waals surface area contributed by atoms with Crippen molar-refractivity contribution in [2.45, 2.75) is 43.4 Å². The molecule has 3 aromatic rings. The molecule has 0 unspecified atom stereocenters. The minimum absolute atomic E-state index is 0.257. The second-order valence-corrected chi connectivity index (χ2v) is 10.6. The molecule has 0 radical (unpaired) electrons. The van der Waals surface area contributed by atoms with Crippen LogP contribution in [0.25, 0.3) is 11.4 Å². The van der Waals surface area contributed by atoms with Gasteiger partial charge in [0.15, 0.2) is 11.0 Å². The zero-order valence-corrected chi connectivity index (χ0v) is 20.2. The Kier molecular flexibility index (Phi) is 6.18. The van der Waals surface area contributed by atoms with Crippen LogP contribution in [0.5, 0.6) is 0 Å². The highest BCUT2D eigenvalue weighted by molar-refractivity contribution is 7.99. The van der Waals surface area contributed by atoms with Crippen LogP contribution in [0.3, 0.4) is 0 Å². The predicted molar refractivity (Wildman–Crippen MR) is 127 cm³/mol. The van der Waals surface area contributed by atoms with E-state index in [9.17, 15) is 13.2 Å². The molecule has 2 fully saturated rings. The fourth-order valence-corrected chi connectivity index (χ4v) is 5.93. The van der Waals surface area contributed by atoms with E-state index in [1.807, 2.05) is 36.9 Å². The predicted octanol–water partition coefficient (Wildman–Crippen LogP) is 5.57. The number of pyridine rings is 1. The summed E-state index contributed by atoms with van der Waals surface area (Å²) in [4.78, 5) is 6.85. The molecule has 0 bridgehead atoms. The van der Waals surface area contributed by atoms with E-state index in [1.54, 1.807) is 23.9 Å². The largest absolute Gasteiger partial charge is 0.416 e. The summed E-state index contributed by atoms with van der Waals surface area (Å²) in [5.41, 5.74) is 2.67. The van der Waals surface area contributed by atoms with Crippen LogP contribution in [-0.2, 0) is 13.2 Å². The lowest BCUT2D eigenvalue weighted by molar-refractivity contribution is -0.137. The van der Waals surface area contributed by atoms with Gasteiger partial charge < -0.3 is 9.47 Å². The highest BCUT2D eigenvalue weighted by Gasteiger charge is 2.57. The van der Waals surface area contributed by atoms with Crippen molar-refractivity contribution in [1.82, 2.24) is 24.6 Å². The number of nitrogens with zero attached hydrogens (tertiary/aromatic N) is 5. The maximum atomic E-state index is 12.8. The van der Waals surface area contributed by atoms with Gasteiger partial charge >= 0.3 is 6.18 Å². The fourth-order valence-electron chi connectivity index (χ4n) is 5.09. The van der Waals surface area contributed by atoms with E-state index in [0.29, 0.717) is 5.92 Å². The highest BCUT2D eigenvalue weighted by Crippen LogP contribution is 2.64. The Labute approximate surface area is 201 Å². The Balaban J connectivity index is 1.09. The van der Waals surface area contributed by atoms with Crippen molar-refractivity contribution in [3.63, 3.8) is 0 Å². The number of rotatable bonds is 7. The van der Waals surface area contributed by atoms with Crippen LogP contribution in [0.1, 0.15) is 42.0 Å². The Hall–Kier alpha value is -2.39. The van der Waals surface area contributed by atoms with Crippen molar-refractivity contribution >= 4 is 11.8 Å². The van der Waals surface area contributed by atoms with E-state index in [1.165, 1.54) is 12.1 Å². The van der Waals surface area contributed by atoms with Gasteiger partial charge in [0, 0.05) is 36.8 Å². The lowest BCUT2D eigenvalue weighted by Gasteiger charge is -2.16. The summed E-state index contributed by atoms with van der Waals surface area (Å²) >= 11 is 1.72. The van der Waals surface area contributed by atoms with Crippen LogP contribution in [0, 0.1) is 12.3 Å². The van der Waals surface area contributed by atoms with E-state index in [-0.39, 0.29) is 5.41 Å². The number of halogens is 3. The van der Waals surface area contributed by atoms with Crippen LogP contribution in [0.4, 0.5) is 13.2 Å². The second kappa shape index (κ2) is 9.00. The number of benzene rings is 1. The Morgan fingerprint density at radius 1 is 1.12 bits per heavy atom. The fraction of sp³-hybridized carbons (Fsp3) is 0.480. The minimum atomic E-state index is -4.27. The van der Waals surface area contributed by atoms with Gasteiger partial charge in [-0.2, -0.15) is 13.2 Å². The van der Waals surface area contributed by atoms with Gasteiger partial charge in [-0.3, -0.25) is 4.98 Å². The zero-order valence-electron chi connectivity index (χ0n) is 19.3. The van der Waals surface area contributed by atoms with Gasteiger partial charge in [0.25, 0.3) is 0 Å². The molecule has 1 saturated heterocycles. The van der Waals surface area contributed by atoms with E-state index in [0.717, 1.165) is 72.5 Å². The summed E-state index contributed by atoms with van der Waals surface area (Å²) in [5, 5.41) is 9.58. The molecule has 3 heterocycles. The third-order valence-corrected chi connectivity index (χ3v) is 8.26. The number of likely N-dealkylation sites (tertiary alicyclic amines) is 1. The van der Waals surface area contributed by atoms with Crippen molar-refractivity contribution in [2.75, 3.05) is 25.4 Å². The quantitative estimate of drug-likeness (QED) is 0.322. The van der Waals surface area contributed by atoms with Crippen LogP contribution >= 0.6 is 11.8 Å². The molecule has 0 amide bonds. The summed E-state index contributed by atoms with van der Waals surface area (Å²) in [5.74, 6) is 2.17. The molecule has 1 aliphatic carbocycles. The van der Waals surface area contributed by atoms with Crippen molar-refractivity contribution in [3.05, 3.63) is 59.4 Å². The van der Waals surface area contributed by atoms with Crippen LogP contribution < -0.4 is 0 Å². The molecule has 1 spiro atoms. The number of hydrogen-bond acceptors (Lipinski definition) is 5. The van der Waals surface area contributed by atoms with Crippen LogP contribution in [0.2, 0.25) is 0 Å². The van der Waals surface area contributed by atoms with E-state index in [2.05, 4.69) is 20.1 Å². The lowest BCUT2D eigenvalue weighted by Crippen LogP contribution is -2.23. The van der Waals surface area contributed by atoms with Gasteiger partial charge in [-0.25, -0.2) is 0 Å². The summed E-state index contributed by atoms with van der Waals surface area (Å²) in [6, 6.07) is 9.77. The first kappa shape index (κ1) is 23.4. The molecule has 2 aromatic heterocycles. The van der Waals surface area contributed by atoms with Crippen molar-refractivity contribution in [3.8, 4) is 11.4 Å². The SMILES string of the molecule is Cc1ccc(-c2nnc(SCCCN3CC[C@]4(C[C@H]4c4ccc(C(F)(F)F)cc4)C3)n2C)cn1. The summed E-state index contributed by atoms with van der Waals surface area (Å²) in [7, 11) is 1.98. The third kappa shape index (κ3) is 4.73. The Bertz CT molecular complexity index is 1140. The highest BCUT2D eigenvalue weighted by atomic mass is 32.2. The lowest BCUT2D eigenvalue weighted by atomic mass is 9.97. The van der Waals surface area contributed by atoms with E-state index < -0.39 is 11.7 Å². The number of aromatic nitrogens is 4. The molecule has 1 aliphatic heterocycles. The summed E-state index contributed by atoms with van der Waals surface area (Å²) in [6.45, 7) is 5.09. The molecule has 5 rings (SSSR count). The van der Waals surface area contributed by atoms with Crippen molar-refractivity contribution in [2.24, 2.45) is 12.5 Å². The summed E-state index contributed by atoms with van der Waals surface area (Å²) < 4.78 is 40.5. The Morgan fingerprint density at radius 3 is 2.62 bits per heavy atom. The molecular formula is C25H28F3N5S. The third-order valence-electron chi connectivity index (χ3n) is 7.15. The first-order valence-corrected chi connectivity index (χ1v) is 12.6. The second-order valence-electron chi connectivity index (χ2n) is 9.52. The van der Waals surface area contributed by atoms with Crippen molar-refractivity contribution < 1.29 is 13.2 Å².